The van der Waals surface area contributed by atoms with Gasteiger partial charge in [-0.2, -0.15) is 0 Å². The van der Waals surface area contributed by atoms with Gasteiger partial charge in [-0.25, -0.2) is 0 Å². The van der Waals surface area contributed by atoms with E-state index in [9.17, 15) is 0 Å². The molecule has 0 saturated heterocycles. The molecule has 0 N–H and O–H groups in total. The molecule has 1 aliphatic carbocycles. The minimum atomic E-state index is 1.07. The van der Waals surface area contributed by atoms with Crippen LogP contribution in [0.3, 0.4) is 0 Å². The number of hydrogen-bond donors (Lipinski definition) is 0. The van der Waals surface area contributed by atoms with Crippen molar-refractivity contribution < 1.29 is 15.7 Å². The van der Waals surface area contributed by atoms with Crippen LogP contribution in [0.15, 0.2) is 22.7 Å². The molecule has 0 saturated carbocycles. The Balaban J connectivity index is 2.60. The van der Waals surface area contributed by atoms with E-state index in [1.165, 1.54) is 0 Å². The van der Waals surface area contributed by atoms with E-state index >= 15 is 0 Å². The van der Waals surface area contributed by atoms with E-state index in [1.54, 1.807) is 0 Å². The third-order valence-electron chi connectivity index (χ3n) is 0.496. The quantitative estimate of drug-likeness (QED) is 0.436. The molecule has 0 aliphatic heterocycles. The molecule has 5 heavy (non-hydrogen) atoms. The Hall–Kier alpha value is -0.0135. The summed E-state index contributed by atoms with van der Waals surface area (Å²) >= 11 is 4.00. The second-order valence-corrected chi connectivity index (χ2v) is 1.49. The van der Waals surface area contributed by atoms with E-state index in [1.807, 2.05) is 18.2 Å². The zero-order chi connectivity index (χ0) is 3.70. The molecule has 0 radical (unpaired) electrons. The van der Waals surface area contributed by atoms with Gasteiger partial charge in [0.15, 0.2) is 0 Å². The molecule has 0 aromatic heterocycles. The summed E-state index contributed by atoms with van der Waals surface area (Å²) in [4.78, 5) is 0. The van der Waals surface area contributed by atoms with Crippen LogP contribution in [0.1, 0.15) is 0 Å². The first kappa shape index (κ1) is 3.19. The van der Waals surface area contributed by atoms with Crippen molar-refractivity contribution in [1.82, 2.24) is 0 Å². The number of rotatable bonds is 0. The molecule has 0 aromatic rings. The summed E-state index contributed by atoms with van der Waals surface area (Å²) in [6, 6.07) is 0. The molecule has 0 amide bonds. The van der Waals surface area contributed by atoms with Crippen molar-refractivity contribution in [2.24, 2.45) is 0 Å². The van der Waals surface area contributed by atoms with Crippen LogP contribution in [0.4, 0.5) is 0 Å². The van der Waals surface area contributed by atoms with Gasteiger partial charge >= 0.3 is 38.5 Å². The van der Waals surface area contributed by atoms with Gasteiger partial charge in [0, 0.05) is 0 Å². The van der Waals surface area contributed by atoms with Crippen molar-refractivity contribution in [3.63, 3.8) is 0 Å². The normalized spacial score (nSPS) is 17.6. The van der Waals surface area contributed by atoms with Crippen LogP contribution in [0.2, 0.25) is 0 Å². The van der Waals surface area contributed by atoms with E-state index in [0.717, 1.165) is 4.51 Å². The molecule has 0 fully saturated rings. The van der Waals surface area contributed by atoms with E-state index in [0.29, 0.717) is 0 Å². The predicted octanol–water partition coefficient (Wildman–Crippen LogP) is 0.987. The van der Waals surface area contributed by atoms with E-state index in [2.05, 4.69) is 15.7 Å². The fraction of sp³-hybridized carbons (Fsp3) is 0. The van der Waals surface area contributed by atoms with Gasteiger partial charge in [0.1, 0.15) is 0 Å². The van der Waals surface area contributed by atoms with Gasteiger partial charge in [-0.05, 0) is 0 Å². The van der Waals surface area contributed by atoms with Gasteiger partial charge in [0.25, 0.3) is 0 Å². The van der Waals surface area contributed by atoms with Crippen molar-refractivity contribution in [1.29, 1.82) is 0 Å². The summed E-state index contributed by atoms with van der Waals surface area (Å²) in [5.41, 5.74) is 0. The van der Waals surface area contributed by atoms with Crippen molar-refractivity contribution in [2.45, 2.75) is 0 Å². The topological polar surface area (TPSA) is 0 Å². The molecular formula is C4H3Co. The van der Waals surface area contributed by atoms with Gasteiger partial charge in [-0.15, -0.1) is 0 Å². The Labute approximate surface area is 39.2 Å². The van der Waals surface area contributed by atoms with Crippen LogP contribution >= 0.6 is 0 Å². The fourth-order valence-electron chi connectivity index (χ4n) is 0.160. The van der Waals surface area contributed by atoms with E-state index in [4.69, 9.17) is 0 Å². The van der Waals surface area contributed by atoms with Crippen molar-refractivity contribution in [2.75, 3.05) is 0 Å². The molecule has 0 spiro atoms. The average Bonchev–Trinajstić information content (AvgIpc) is 1.30. The standard InChI is InChI=1S/C4H3.Co/c1-2-4-3-1;/h1-3H;. The van der Waals surface area contributed by atoms with Gasteiger partial charge in [-0.1, -0.05) is 0 Å². The summed E-state index contributed by atoms with van der Waals surface area (Å²) in [6.45, 7) is 0. The Bertz CT molecular complexity index is 89.8. The van der Waals surface area contributed by atoms with Crippen LogP contribution < -0.4 is 0 Å². The second-order valence-electron chi connectivity index (χ2n) is 0.885. The SMILES string of the molecule is [Co][C]1=CC=C1. The summed E-state index contributed by atoms with van der Waals surface area (Å²) in [5.74, 6) is 0. The Morgan fingerprint density at radius 3 is 2.00 bits per heavy atom. The maximum absolute atomic E-state index is 4.00. The zero-order valence-electron chi connectivity index (χ0n) is 2.57. The van der Waals surface area contributed by atoms with Crippen molar-refractivity contribution in [3.05, 3.63) is 22.7 Å². The van der Waals surface area contributed by atoms with Crippen LogP contribution in [0.25, 0.3) is 0 Å². The average molecular weight is 110 g/mol. The Morgan fingerprint density at radius 1 is 1.60 bits per heavy atom. The van der Waals surface area contributed by atoms with Crippen LogP contribution in [0.5, 0.6) is 0 Å². The molecule has 0 bridgehead atoms. The van der Waals surface area contributed by atoms with Gasteiger partial charge in [0.2, 0.25) is 0 Å². The molecule has 0 aromatic carbocycles. The Kier molecular flexibility index (Phi) is 0.632. The van der Waals surface area contributed by atoms with Crippen molar-refractivity contribution in [3.8, 4) is 0 Å². The molecular weight excluding hydrogens is 107 g/mol. The Morgan fingerprint density at radius 2 is 2.00 bits per heavy atom. The summed E-state index contributed by atoms with van der Waals surface area (Å²) in [7, 11) is 0. The summed E-state index contributed by atoms with van der Waals surface area (Å²) in [5, 5.41) is 0. The molecule has 1 rings (SSSR count). The van der Waals surface area contributed by atoms with E-state index in [-0.39, 0.29) is 0 Å². The molecule has 1 heteroatoms. The first-order valence-electron chi connectivity index (χ1n) is 1.41. The van der Waals surface area contributed by atoms with Crippen LogP contribution in [0, 0.1) is 0 Å². The first-order valence-corrected chi connectivity index (χ1v) is 1.93. The maximum atomic E-state index is 4.00. The third kappa shape index (κ3) is 0.439. The molecule has 0 nitrogen and oxygen atoms in total. The van der Waals surface area contributed by atoms with Gasteiger partial charge in [-0.3, -0.25) is 0 Å². The van der Waals surface area contributed by atoms with Crippen molar-refractivity contribution >= 4 is 0 Å². The van der Waals surface area contributed by atoms with Gasteiger partial charge < -0.3 is 0 Å². The van der Waals surface area contributed by atoms with Crippen LogP contribution in [-0.2, 0) is 15.7 Å². The number of hydrogen-bond acceptors (Lipinski definition) is 0. The molecule has 0 heterocycles. The summed E-state index contributed by atoms with van der Waals surface area (Å²) in [6.07, 6.45) is 5.85. The fourth-order valence-corrected chi connectivity index (χ4v) is 0.361. The summed E-state index contributed by atoms with van der Waals surface area (Å²) < 4.78 is 1.07. The predicted molar refractivity (Wildman–Crippen MR) is 17.2 cm³/mol. The molecule has 0 unspecified atom stereocenters. The van der Waals surface area contributed by atoms with Gasteiger partial charge in [0.05, 0.1) is 0 Å². The second kappa shape index (κ2) is 0.992. The van der Waals surface area contributed by atoms with E-state index < -0.39 is 0 Å². The number of allylic oxidation sites excluding steroid dienone is 4. The third-order valence-corrected chi connectivity index (χ3v) is 0.843. The molecule has 28 valence electrons. The molecule has 1 aliphatic rings. The minimum absolute atomic E-state index is 1.07. The molecule has 0 atom stereocenters. The van der Waals surface area contributed by atoms with Crippen LogP contribution in [-0.4, -0.2) is 0 Å². The first-order chi connectivity index (χ1) is 2.39. The monoisotopic (exact) mass is 110 g/mol. The zero-order valence-corrected chi connectivity index (χ0v) is 3.61.